The second kappa shape index (κ2) is 5.37. The van der Waals surface area contributed by atoms with E-state index in [0.29, 0.717) is 0 Å². The van der Waals surface area contributed by atoms with Crippen LogP contribution in [0.2, 0.25) is 0 Å². The summed E-state index contributed by atoms with van der Waals surface area (Å²) in [7, 11) is 0. The summed E-state index contributed by atoms with van der Waals surface area (Å²) >= 11 is 5.39. The van der Waals surface area contributed by atoms with Gasteiger partial charge in [0.2, 0.25) is 0 Å². The molecule has 1 atom stereocenters. The Morgan fingerprint density at radius 3 is 2.48 bits per heavy atom. The number of hydrogen-bond acceptors (Lipinski definition) is 3. The molecule has 1 aliphatic heterocycles. The number of fused-ring (bicyclic) bond motifs is 1. The summed E-state index contributed by atoms with van der Waals surface area (Å²) in [4.78, 5) is 3.01. The van der Waals surface area contributed by atoms with Gasteiger partial charge in [0.25, 0.3) is 0 Å². The normalized spacial score (nSPS) is 17.4. The summed E-state index contributed by atoms with van der Waals surface area (Å²) in [5.74, 6) is -0.147. The van der Waals surface area contributed by atoms with Crippen LogP contribution in [-0.4, -0.2) is 26.6 Å². The van der Waals surface area contributed by atoms with E-state index in [4.69, 9.17) is 12.2 Å². The number of benzene rings is 2. The van der Waals surface area contributed by atoms with Crippen LogP contribution in [0.3, 0.4) is 0 Å². The molecule has 0 saturated heterocycles. The molecule has 3 rings (SSSR count). The van der Waals surface area contributed by atoms with Gasteiger partial charge in [-0.1, -0.05) is 42.5 Å². The lowest BCUT2D eigenvalue weighted by molar-refractivity contribution is 0.337. The monoisotopic (exact) mass is 299 g/mol. The Morgan fingerprint density at radius 2 is 1.81 bits per heavy atom. The summed E-state index contributed by atoms with van der Waals surface area (Å²) in [5, 5.41) is 19.6. The Labute approximate surface area is 129 Å². The van der Waals surface area contributed by atoms with Crippen molar-refractivity contribution < 1.29 is 10.2 Å². The number of nitrogens with zero attached hydrogens (tertiary/aromatic N) is 1. The molecule has 1 heterocycles. The number of phenols is 2. The molecular formula is C17H17NO2S. The maximum Gasteiger partial charge on any atom is 0.157 e. The van der Waals surface area contributed by atoms with Crippen LogP contribution in [0.15, 0.2) is 42.5 Å². The fourth-order valence-electron chi connectivity index (χ4n) is 2.98. The third kappa shape index (κ3) is 2.47. The van der Waals surface area contributed by atoms with E-state index in [1.165, 1.54) is 0 Å². The number of rotatable bonds is 1. The molecule has 0 fully saturated rings. The average Bonchev–Trinajstić information content (AvgIpc) is 2.48. The van der Waals surface area contributed by atoms with Gasteiger partial charge in [-0.3, -0.25) is 0 Å². The van der Waals surface area contributed by atoms with Gasteiger partial charge in [-0.2, -0.15) is 0 Å². The highest BCUT2D eigenvalue weighted by Crippen LogP contribution is 2.40. The molecule has 1 unspecified atom stereocenters. The maximum atomic E-state index is 9.86. The number of hydrogen-bond donors (Lipinski definition) is 2. The van der Waals surface area contributed by atoms with E-state index in [0.717, 1.165) is 34.6 Å². The molecule has 0 aromatic heterocycles. The van der Waals surface area contributed by atoms with Crippen LogP contribution in [0.5, 0.6) is 11.5 Å². The highest BCUT2D eigenvalue weighted by atomic mass is 32.1. The van der Waals surface area contributed by atoms with Crippen molar-refractivity contribution in [3.63, 3.8) is 0 Å². The van der Waals surface area contributed by atoms with Crippen molar-refractivity contribution in [3.05, 3.63) is 59.2 Å². The molecule has 1 aliphatic rings. The zero-order valence-corrected chi connectivity index (χ0v) is 12.6. The molecule has 2 aromatic carbocycles. The quantitative estimate of drug-likeness (QED) is 0.626. The van der Waals surface area contributed by atoms with Gasteiger partial charge in [-0.15, -0.1) is 0 Å². The standard InChI is InChI=1S/C17H17NO2S/c1-11(21)18-8-7-13-9-15(19)16(20)10-14(13)17(18)12-5-3-2-4-6-12/h2-6,9-10,17,19-20H,7-8H2,1H3. The van der Waals surface area contributed by atoms with Gasteiger partial charge in [-0.05, 0) is 42.2 Å². The van der Waals surface area contributed by atoms with E-state index in [2.05, 4.69) is 17.0 Å². The molecular weight excluding hydrogens is 282 g/mol. The first kappa shape index (κ1) is 13.9. The van der Waals surface area contributed by atoms with E-state index < -0.39 is 0 Å². The van der Waals surface area contributed by atoms with Crippen LogP contribution in [0, 0.1) is 0 Å². The molecule has 0 spiro atoms. The van der Waals surface area contributed by atoms with Crippen LogP contribution >= 0.6 is 12.2 Å². The maximum absolute atomic E-state index is 9.86. The molecule has 0 aliphatic carbocycles. The molecule has 0 saturated carbocycles. The van der Waals surface area contributed by atoms with Crippen LogP contribution in [0.25, 0.3) is 0 Å². The topological polar surface area (TPSA) is 43.7 Å². The van der Waals surface area contributed by atoms with Crippen LogP contribution < -0.4 is 0 Å². The fraction of sp³-hybridized carbons (Fsp3) is 0.235. The van der Waals surface area contributed by atoms with Gasteiger partial charge in [-0.25, -0.2) is 0 Å². The molecule has 3 nitrogen and oxygen atoms in total. The van der Waals surface area contributed by atoms with E-state index in [-0.39, 0.29) is 17.5 Å². The number of phenolic OH excluding ortho intramolecular Hbond substituents is 2. The first-order valence-electron chi connectivity index (χ1n) is 6.95. The Morgan fingerprint density at radius 1 is 1.14 bits per heavy atom. The highest BCUT2D eigenvalue weighted by molar-refractivity contribution is 7.80. The van der Waals surface area contributed by atoms with E-state index in [9.17, 15) is 10.2 Å². The van der Waals surface area contributed by atoms with Gasteiger partial charge in [0.05, 0.1) is 11.0 Å². The lowest BCUT2D eigenvalue weighted by Gasteiger charge is -2.38. The van der Waals surface area contributed by atoms with Crippen molar-refractivity contribution in [2.45, 2.75) is 19.4 Å². The Hall–Kier alpha value is -2.07. The summed E-state index contributed by atoms with van der Waals surface area (Å²) < 4.78 is 0. The van der Waals surface area contributed by atoms with E-state index in [1.54, 1.807) is 12.1 Å². The third-order valence-electron chi connectivity index (χ3n) is 3.98. The van der Waals surface area contributed by atoms with Gasteiger partial charge >= 0.3 is 0 Å². The molecule has 2 aromatic rings. The first-order chi connectivity index (χ1) is 10.1. The lowest BCUT2D eigenvalue weighted by Crippen LogP contribution is -2.38. The van der Waals surface area contributed by atoms with Crippen LogP contribution in [-0.2, 0) is 6.42 Å². The second-order valence-electron chi connectivity index (χ2n) is 5.32. The molecule has 108 valence electrons. The predicted molar refractivity (Wildman–Crippen MR) is 86.7 cm³/mol. The van der Waals surface area contributed by atoms with Crippen molar-refractivity contribution in [1.82, 2.24) is 4.90 Å². The van der Waals surface area contributed by atoms with E-state index >= 15 is 0 Å². The Bertz CT molecular complexity index is 685. The average molecular weight is 299 g/mol. The third-order valence-corrected chi connectivity index (χ3v) is 4.22. The molecule has 0 bridgehead atoms. The highest BCUT2D eigenvalue weighted by Gasteiger charge is 2.30. The summed E-state index contributed by atoms with van der Waals surface area (Å²) in [5.41, 5.74) is 3.20. The summed E-state index contributed by atoms with van der Waals surface area (Å²) in [6, 6.07) is 13.4. The van der Waals surface area contributed by atoms with Gasteiger partial charge < -0.3 is 15.1 Å². The second-order valence-corrected chi connectivity index (χ2v) is 5.91. The number of thiocarbonyl (C=S) groups is 1. The van der Waals surface area contributed by atoms with Gasteiger partial charge in [0.15, 0.2) is 11.5 Å². The summed E-state index contributed by atoms with van der Waals surface area (Å²) in [6.07, 6.45) is 0.806. The largest absolute Gasteiger partial charge is 0.504 e. The summed E-state index contributed by atoms with van der Waals surface area (Å²) in [6.45, 7) is 2.74. The predicted octanol–water partition coefficient (Wildman–Crippen LogP) is 3.39. The number of aromatic hydroxyl groups is 2. The minimum Gasteiger partial charge on any atom is -0.504 e. The molecule has 4 heteroatoms. The van der Waals surface area contributed by atoms with Crippen molar-refractivity contribution >= 4 is 17.2 Å². The smallest absolute Gasteiger partial charge is 0.157 e. The minimum absolute atomic E-state index is 0.0149. The van der Waals surface area contributed by atoms with Crippen molar-refractivity contribution in [2.75, 3.05) is 6.54 Å². The SMILES string of the molecule is CC(=S)N1CCc2cc(O)c(O)cc2C1c1ccccc1. The van der Waals surface area contributed by atoms with E-state index in [1.807, 2.05) is 25.1 Å². The Kier molecular flexibility index (Phi) is 3.55. The minimum atomic E-state index is -0.0847. The van der Waals surface area contributed by atoms with Gasteiger partial charge in [0, 0.05) is 6.54 Å². The van der Waals surface area contributed by atoms with Gasteiger partial charge in [0.1, 0.15) is 0 Å². The first-order valence-corrected chi connectivity index (χ1v) is 7.35. The Balaban J connectivity index is 2.17. The zero-order valence-electron chi connectivity index (χ0n) is 11.8. The molecule has 2 N–H and O–H groups in total. The molecule has 0 amide bonds. The lowest BCUT2D eigenvalue weighted by atomic mass is 9.87. The van der Waals surface area contributed by atoms with Crippen LogP contribution in [0.1, 0.15) is 29.7 Å². The van der Waals surface area contributed by atoms with Crippen LogP contribution in [0.4, 0.5) is 0 Å². The van der Waals surface area contributed by atoms with Crippen molar-refractivity contribution in [3.8, 4) is 11.5 Å². The van der Waals surface area contributed by atoms with Crippen molar-refractivity contribution in [1.29, 1.82) is 0 Å². The zero-order chi connectivity index (χ0) is 15.0. The molecule has 21 heavy (non-hydrogen) atoms. The molecule has 0 radical (unpaired) electrons. The fourth-order valence-corrected chi connectivity index (χ4v) is 3.18. The van der Waals surface area contributed by atoms with Crippen molar-refractivity contribution in [2.24, 2.45) is 0 Å².